The van der Waals surface area contributed by atoms with E-state index in [9.17, 15) is 4.79 Å². The molecule has 0 unspecified atom stereocenters. The summed E-state index contributed by atoms with van der Waals surface area (Å²) in [4.78, 5) is 16.4. The lowest BCUT2D eigenvalue weighted by atomic mass is 9.96. The first kappa shape index (κ1) is 20.0. The summed E-state index contributed by atoms with van der Waals surface area (Å²) in [5, 5.41) is 6.75. The normalized spacial score (nSPS) is 10.5. The van der Waals surface area contributed by atoms with E-state index in [4.69, 9.17) is 11.5 Å². The molecule has 0 radical (unpaired) electrons. The van der Waals surface area contributed by atoms with Gasteiger partial charge in [0.1, 0.15) is 5.82 Å². The standard InChI is InChI=1S/C25H23N5O/c1-16-13-20(15-23(26)28-16)30-22-12-6-11-21(25(27)31)24(22)17-7-5-10-19(14-17)29-18-8-3-2-4-9-18/h2-15,29H,1H3,(H2,27,31)(H3,26,28,30). The fraction of sp³-hybridized carbons (Fsp3) is 0.0400. The van der Waals surface area contributed by atoms with Crippen LogP contribution in [0.3, 0.4) is 0 Å². The number of nitrogens with one attached hydrogen (secondary N) is 2. The second kappa shape index (κ2) is 8.59. The second-order valence-corrected chi connectivity index (χ2v) is 7.21. The number of nitrogens with two attached hydrogens (primary N) is 2. The Kier molecular flexibility index (Phi) is 5.53. The zero-order valence-electron chi connectivity index (χ0n) is 17.1. The maximum Gasteiger partial charge on any atom is 0.249 e. The molecule has 1 heterocycles. The average molecular weight is 409 g/mol. The molecule has 1 aromatic heterocycles. The highest BCUT2D eigenvalue weighted by Crippen LogP contribution is 2.35. The van der Waals surface area contributed by atoms with Crippen molar-refractivity contribution < 1.29 is 4.79 Å². The van der Waals surface area contributed by atoms with Crippen molar-refractivity contribution in [3.05, 3.63) is 96.2 Å². The van der Waals surface area contributed by atoms with E-state index in [-0.39, 0.29) is 0 Å². The lowest BCUT2D eigenvalue weighted by Gasteiger charge is -2.17. The number of benzene rings is 3. The second-order valence-electron chi connectivity index (χ2n) is 7.21. The van der Waals surface area contributed by atoms with E-state index in [0.717, 1.165) is 39.6 Å². The largest absolute Gasteiger partial charge is 0.384 e. The molecular weight excluding hydrogens is 386 g/mol. The van der Waals surface area contributed by atoms with E-state index in [1.807, 2.05) is 73.7 Å². The number of hydrogen-bond acceptors (Lipinski definition) is 5. The van der Waals surface area contributed by atoms with Crippen molar-refractivity contribution >= 4 is 34.5 Å². The zero-order valence-corrected chi connectivity index (χ0v) is 17.1. The van der Waals surface area contributed by atoms with Gasteiger partial charge in [-0.2, -0.15) is 0 Å². The Morgan fingerprint density at radius 3 is 2.29 bits per heavy atom. The Balaban J connectivity index is 1.78. The summed E-state index contributed by atoms with van der Waals surface area (Å²) in [6.07, 6.45) is 0. The number of para-hydroxylation sites is 1. The Hall–Kier alpha value is -4.32. The van der Waals surface area contributed by atoms with Crippen LogP contribution in [0.4, 0.5) is 28.6 Å². The minimum atomic E-state index is -0.495. The number of aromatic nitrogens is 1. The molecule has 6 N–H and O–H groups in total. The van der Waals surface area contributed by atoms with Crippen LogP contribution in [0.1, 0.15) is 16.1 Å². The summed E-state index contributed by atoms with van der Waals surface area (Å²) < 4.78 is 0. The summed E-state index contributed by atoms with van der Waals surface area (Å²) in [7, 11) is 0. The number of carbonyl (C=O) groups excluding carboxylic acids is 1. The molecule has 4 aromatic rings. The minimum Gasteiger partial charge on any atom is -0.384 e. The third kappa shape index (κ3) is 4.64. The Bertz CT molecular complexity index is 1220. The van der Waals surface area contributed by atoms with Crippen LogP contribution in [0, 0.1) is 6.92 Å². The molecule has 0 aliphatic rings. The van der Waals surface area contributed by atoms with Crippen molar-refractivity contribution in [1.29, 1.82) is 0 Å². The fourth-order valence-electron chi connectivity index (χ4n) is 3.54. The van der Waals surface area contributed by atoms with Gasteiger partial charge in [-0.3, -0.25) is 4.79 Å². The number of rotatable bonds is 6. The Morgan fingerprint density at radius 1 is 0.806 bits per heavy atom. The van der Waals surface area contributed by atoms with Crippen LogP contribution in [-0.4, -0.2) is 10.9 Å². The topological polar surface area (TPSA) is 106 Å². The van der Waals surface area contributed by atoms with Gasteiger partial charge in [0, 0.05) is 45.6 Å². The molecule has 0 fully saturated rings. The molecule has 0 aliphatic heterocycles. The molecule has 3 aromatic carbocycles. The molecule has 0 spiro atoms. The van der Waals surface area contributed by atoms with Gasteiger partial charge in [-0.15, -0.1) is 0 Å². The number of pyridine rings is 1. The van der Waals surface area contributed by atoms with Crippen LogP contribution >= 0.6 is 0 Å². The van der Waals surface area contributed by atoms with E-state index in [0.29, 0.717) is 11.4 Å². The number of anilines is 5. The molecular formula is C25H23N5O. The maximum absolute atomic E-state index is 12.2. The third-order valence-corrected chi connectivity index (χ3v) is 4.80. The van der Waals surface area contributed by atoms with E-state index in [2.05, 4.69) is 15.6 Å². The van der Waals surface area contributed by atoms with Crippen molar-refractivity contribution in [2.75, 3.05) is 16.4 Å². The monoisotopic (exact) mass is 409 g/mol. The lowest BCUT2D eigenvalue weighted by Crippen LogP contribution is -2.13. The molecule has 4 rings (SSSR count). The van der Waals surface area contributed by atoms with Crippen LogP contribution in [0.25, 0.3) is 11.1 Å². The zero-order chi connectivity index (χ0) is 21.8. The Labute approximate surface area is 180 Å². The molecule has 0 bridgehead atoms. The van der Waals surface area contributed by atoms with Crippen molar-refractivity contribution in [3.63, 3.8) is 0 Å². The number of aryl methyl sites for hydroxylation is 1. The molecule has 0 saturated carbocycles. The predicted octanol–water partition coefficient (Wildman–Crippen LogP) is 5.23. The number of nitrogen functional groups attached to an aromatic ring is 1. The molecule has 0 atom stereocenters. The first-order chi connectivity index (χ1) is 15.0. The number of nitrogens with zero attached hydrogens (tertiary/aromatic N) is 1. The molecule has 6 nitrogen and oxygen atoms in total. The highest BCUT2D eigenvalue weighted by molar-refractivity contribution is 6.04. The van der Waals surface area contributed by atoms with Gasteiger partial charge in [-0.1, -0.05) is 36.4 Å². The fourth-order valence-corrected chi connectivity index (χ4v) is 3.54. The van der Waals surface area contributed by atoms with E-state index in [1.165, 1.54) is 0 Å². The third-order valence-electron chi connectivity index (χ3n) is 4.80. The highest BCUT2D eigenvalue weighted by atomic mass is 16.1. The smallest absolute Gasteiger partial charge is 0.249 e. The van der Waals surface area contributed by atoms with Gasteiger partial charge in [0.2, 0.25) is 5.91 Å². The highest BCUT2D eigenvalue weighted by Gasteiger charge is 2.16. The number of amides is 1. The number of primary amides is 1. The van der Waals surface area contributed by atoms with Crippen molar-refractivity contribution in [2.24, 2.45) is 5.73 Å². The van der Waals surface area contributed by atoms with Crippen molar-refractivity contribution in [1.82, 2.24) is 4.98 Å². The summed E-state index contributed by atoms with van der Waals surface area (Å²) in [6.45, 7) is 1.88. The van der Waals surface area contributed by atoms with Crippen LogP contribution in [0.5, 0.6) is 0 Å². The molecule has 0 saturated heterocycles. The van der Waals surface area contributed by atoms with Crippen molar-refractivity contribution in [3.8, 4) is 11.1 Å². The molecule has 154 valence electrons. The summed E-state index contributed by atoms with van der Waals surface area (Å²) in [5.74, 6) is -0.0744. The molecule has 0 aliphatic carbocycles. The summed E-state index contributed by atoms with van der Waals surface area (Å²) in [6, 6.07) is 26.8. The quantitative estimate of drug-likeness (QED) is 0.349. The van der Waals surface area contributed by atoms with Gasteiger partial charge in [0.25, 0.3) is 0 Å². The SMILES string of the molecule is Cc1cc(Nc2cccc(C(N)=O)c2-c2cccc(Nc3ccccc3)c2)cc(N)n1. The van der Waals surface area contributed by atoms with Crippen LogP contribution in [0.15, 0.2) is 84.9 Å². The summed E-state index contributed by atoms with van der Waals surface area (Å²) >= 11 is 0. The van der Waals surface area contributed by atoms with Crippen LogP contribution < -0.4 is 22.1 Å². The maximum atomic E-state index is 12.2. The molecule has 6 heteroatoms. The predicted molar refractivity (Wildman–Crippen MR) is 127 cm³/mol. The van der Waals surface area contributed by atoms with Gasteiger partial charge in [-0.05, 0) is 55.0 Å². The van der Waals surface area contributed by atoms with Crippen LogP contribution in [-0.2, 0) is 0 Å². The number of hydrogen-bond donors (Lipinski definition) is 4. The molecule has 1 amide bonds. The van der Waals surface area contributed by atoms with E-state index < -0.39 is 5.91 Å². The molecule has 31 heavy (non-hydrogen) atoms. The van der Waals surface area contributed by atoms with Crippen LogP contribution in [0.2, 0.25) is 0 Å². The Morgan fingerprint density at radius 2 is 1.55 bits per heavy atom. The van der Waals surface area contributed by atoms with Gasteiger partial charge in [-0.25, -0.2) is 4.98 Å². The number of carbonyl (C=O) groups is 1. The van der Waals surface area contributed by atoms with Gasteiger partial charge < -0.3 is 22.1 Å². The lowest BCUT2D eigenvalue weighted by molar-refractivity contribution is 0.100. The first-order valence-corrected chi connectivity index (χ1v) is 9.86. The minimum absolute atomic E-state index is 0.421. The first-order valence-electron chi connectivity index (χ1n) is 9.86. The average Bonchev–Trinajstić information content (AvgIpc) is 2.74. The summed E-state index contributed by atoms with van der Waals surface area (Å²) in [5.41, 5.74) is 17.8. The van der Waals surface area contributed by atoms with E-state index >= 15 is 0 Å². The van der Waals surface area contributed by atoms with E-state index in [1.54, 1.807) is 18.2 Å². The van der Waals surface area contributed by atoms with Gasteiger partial charge in [0.15, 0.2) is 0 Å². The van der Waals surface area contributed by atoms with Gasteiger partial charge in [0.05, 0.1) is 0 Å². The van der Waals surface area contributed by atoms with Gasteiger partial charge >= 0.3 is 0 Å². The van der Waals surface area contributed by atoms with Crippen molar-refractivity contribution in [2.45, 2.75) is 6.92 Å².